The number of rotatable bonds is 5. The van der Waals surface area contributed by atoms with Crippen LogP contribution in [0.5, 0.6) is 0 Å². The number of carbonyl (C=O) groups excluding carboxylic acids is 1. The molecule has 0 fully saturated rings. The van der Waals surface area contributed by atoms with Gasteiger partial charge in [-0.25, -0.2) is 4.98 Å². The van der Waals surface area contributed by atoms with Crippen LogP contribution in [0.3, 0.4) is 0 Å². The Morgan fingerprint density at radius 1 is 1.57 bits per heavy atom. The molecule has 0 saturated carbocycles. The van der Waals surface area contributed by atoms with Crippen molar-refractivity contribution in [3.63, 3.8) is 0 Å². The molecule has 1 aromatic heterocycles. The molecule has 14 heavy (non-hydrogen) atoms. The molecule has 0 saturated heterocycles. The number of aromatic nitrogens is 2. The predicted molar refractivity (Wildman–Crippen MR) is 53.8 cm³/mol. The van der Waals surface area contributed by atoms with Crippen molar-refractivity contribution in [3.8, 4) is 0 Å². The van der Waals surface area contributed by atoms with Gasteiger partial charge in [0.05, 0.1) is 6.20 Å². The fraction of sp³-hybridized carbons (Fsp3) is 0.500. The summed E-state index contributed by atoms with van der Waals surface area (Å²) >= 11 is 0. The lowest BCUT2D eigenvalue weighted by molar-refractivity contribution is 0.0956. The van der Waals surface area contributed by atoms with E-state index >= 15 is 0 Å². The smallest absolute Gasteiger partial charge is 0.183 e. The molecule has 0 radical (unpaired) electrons. The number of hydrogen-bond acceptors (Lipinski definition) is 4. The molecule has 0 aliphatic carbocycles. The van der Waals surface area contributed by atoms with Crippen LogP contribution in [-0.4, -0.2) is 22.3 Å². The molecule has 0 amide bonds. The molecule has 2 N–H and O–H groups in total. The molecule has 4 heteroatoms. The fourth-order valence-corrected chi connectivity index (χ4v) is 1.20. The zero-order valence-corrected chi connectivity index (χ0v) is 8.31. The molecule has 0 aliphatic heterocycles. The first-order chi connectivity index (χ1) is 6.77. The van der Waals surface area contributed by atoms with E-state index < -0.39 is 0 Å². The molecule has 1 heterocycles. The SMILES string of the molecule is CCC(CN)CC(=O)c1cnccn1. The van der Waals surface area contributed by atoms with E-state index in [-0.39, 0.29) is 11.7 Å². The highest BCUT2D eigenvalue weighted by molar-refractivity contribution is 5.93. The lowest BCUT2D eigenvalue weighted by Crippen LogP contribution is -2.18. The van der Waals surface area contributed by atoms with Crippen LogP contribution in [0.4, 0.5) is 0 Å². The Morgan fingerprint density at radius 3 is 2.86 bits per heavy atom. The molecule has 0 spiro atoms. The summed E-state index contributed by atoms with van der Waals surface area (Å²) < 4.78 is 0. The van der Waals surface area contributed by atoms with Crippen LogP contribution < -0.4 is 5.73 Å². The molecule has 4 nitrogen and oxygen atoms in total. The molecule has 0 aliphatic rings. The Labute approximate surface area is 83.6 Å². The van der Waals surface area contributed by atoms with E-state index in [1.807, 2.05) is 6.92 Å². The lowest BCUT2D eigenvalue weighted by atomic mass is 9.99. The van der Waals surface area contributed by atoms with Crippen LogP contribution in [-0.2, 0) is 0 Å². The first-order valence-electron chi connectivity index (χ1n) is 4.77. The minimum absolute atomic E-state index is 0.0235. The summed E-state index contributed by atoms with van der Waals surface area (Å²) in [5.74, 6) is 0.278. The standard InChI is InChI=1S/C10H15N3O/c1-2-8(6-11)5-10(14)9-7-12-3-4-13-9/h3-4,7-8H,2,5-6,11H2,1H3. The van der Waals surface area contributed by atoms with Crippen molar-refractivity contribution in [1.82, 2.24) is 9.97 Å². The van der Waals surface area contributed by atoms with Crippen molar-refractivity contribution < 1.29 is 4.79 Å². The fourth-order valence-electron chi connectivity index (χ4n) is 1.20. The largest absolute Gasteiger partial charge is 0.330 e. The highest BCUT2D eigenvalue weighted by atomic mass is 16.1. The van der Waals surface area contributed by atoms with E-state index in [2.05, 4.69) is 9.97 Å². The van der Waals surface area contributed by atoms with Crippen LogP contribution in [0.15, 0.2) is 18.6 Å². The highest BCUT2D eigenvalue weighted by Crippen LogP contribution is 2.09. The van der Waals surface area contributed by atoms with E-state index in [1.165, 1.54) is 12.4 Å². The van der Waals surface area contributed by atoms with Crippen LogP contribution in [0, 0.1) is 5.92 Å². The molecule has 1 aromatic rings. The second-order valence-electron chi connectivity index (χ2n) is 3.23. The van der Waals surface area contributed by atoms with Gasteiger partial charge in [0.25, 0.3) is 0 Å². The lowest BCUT2D eigenvalue weighted by Gasteiger charge is -2.09. The Hall–Kier alpha value is -1.29. The summed E-state index contributed by atoms with van der Waals surface area (Å²) in [5, 5.41) is 0. The van der Waals surface area contributed by atoms with E-state index in [4.69, 9.17) is 5.73 Å². The zero-order chi connectivity index (χ0) is 10.4. The Morgan fingerprint density at radius 2 is 2.36 bits per heavy atom. The number of nitrogens with zero attached hydrogens (tertiary/aromatic N) is 2. The minimum Gasteiger partial charge on any atom is -0.330 e. The normalized spacial score (nSPS) is 12.4. The van der Waals surface area contributed by atoms with Crippen molar-refractivity contribution in [1.29, 1.82) is 0 Å². The van der Waals surface area contributed by atoms with E-state index in [0.29, 0.717) is 18.7 Å². The molecule has 1 unspecified atom stereocenters. The van der Waals surface area contributed by atoms with E-state index in [9.17, 15) is 4.79 Å². The maximum Gasteiger partial charge on any atom is 0.183 e. The van der Waals surface area contributed by atoms with Crippen molar-refractivity contribution in [2.45, 2.75) is 19.8 Å². The number of ketones is 1. The van der Waals surface area contributed by atoms with Gasteiger partial charge in [0, 0.05) is 18.8 Å². The first kappa shape index (κ1) is 10.8. The van der Waals surface area contributed by atoms with Gasteiger partial charge in [0.2, 0.25) is 0 Å². The number of hydrogen-bond donors (Lipinski definition) is 1. The van der Waals surface area contributed by atoms with Gasteiger partial charge in [0.1, 0.15) is 5.69 Å². The zero-order valence-electron chi connectivity index (χ0n) is 8.31. The van der Waals surface area contributed by atoms with Gasteiger partial charge in [0.15, 0.2) is 5.78 Å². The number of carbonyl (C=O) groups is 1. The third kappa shape index (κ3) is 2.88. The molecule has 0 bridgehead atoms. The Balaban J connectivity index is 2.59. The molecule has 1 rings (SSSR count). The second kappa shape index (κ2) is 5.44. The van der Waals surface area contributed by atoms with Crippen LogP contribution in [0.25, 0.3) is 0 Å². The number of Topliss-reactive ketones (excluding diaryl/α,β-unsaturated/α-hetero) is 1. The third-order valence-electron chi connectivity index (χ3n) is 2.23. The summed E-state index contributed by atoms with van der Waals surface area (Å²) in [6, 6.07) is 0. The summed E-state index contributed by atoms with van der Waals surface area (Å²) in [6.45, 7) is 2.57. The van der Waals surface area contributed by atoms with Crippen molar-refractivity contribution in [2.75, 3.05) is 6.54 Å². The quantitative estimate of drug-likeness (QED) is 0.709. The van der Waals surface area contributed by atoms with Gasteiger partial charge in [-0.2, -0.15) is 0 Å². The minimum atomic E-state index is 0.0235. The maximum atomic E-state index is 11.6. The van der Waals surface area contributed by atoms with Gasteiger partial charge < -0.3 is 5.73 Å². The second-order valence-corrected chi connectivity index (χ2v) is 3.23. The molecular formula is C10H15N3O. The molecular weight excluding hydrogens is 178 g/mol. The monoisotopic (exact) mass is 193 g/mol. The van der Waals surface area contributed by atoms with Crippen LogP contribution >= 0.6 is 0 Å². The predicted octanol–water partition coefficient (Wildman–Crippen LogP) is 1.03. The van der Waals surface area contributed by atoms with Crippen molar-refractivity contribution >= 4 is 5.78 Å². The molecule has 1 atom stereocenters. The average molecular weight is 193 g/mol. The van der Waals surface area contributed by atoms with Gasteiger partial charge in [-0.15, -0.1) is 0 Å². The van der Waals surface area contributed by atoms with Crippen molar-refractivity contribution in [3.05, 3.63) is 24.3 Å². The average Bonchev–Trinajstić information content (AvgIpc) is 2.26. The van der Waals surface area contributed by atoms with Crippen LogP contribution in [0.1, 0.15) is 30.3 Å². The highest BCUT2D eigenvalue weighted by Gasteiger charge is 2.13. The van der Waals surface area contributed by atoms with E-state index in [0.717, 1.165) is 6.42 Å². The van der Waals surface area contributed by atoms with Gasteiger partial charge in [-0.3, -0.25) is 9.78 Å². The van der Waals surface area contributed by atoms with Crippen molar-refractivity contribution in [2.24, 2.45) is 11.7 Å². The number of nitrogens with two attached hydrogens (primary N) is 1. The molecule has 76 valence electrons. The Bertz CT molecular complexity index is 283. The van der Waals surface area contributed by atoms with Gasteiger partial charge in [-0.05, 0) is 12.5 Å². The topological polar surface area (TPSA) is 68.9 Å². The third-order valence-corrected chi connectivity index (χ3v) is 2.23. The first-order valence-corrected chi connectivity index (χ1v) is 4.77. The summed E-state index contributed by atoms with van der Waals surface area (Å²) in [5.41, 5.74) is 5.95. The van der Waals surface area contributed by atoms with Gasteiger partial charge in [-0.1, -0.05) is 13.3 Å². The molecule has 0 aromatic carbocycles. The Kier molecular flexibility index (Phi) is 4.19. The van der Waals surface area contributed by atoms with Gasteiger partial charge >= 0.3 is 0 Å². The van der Waals surface area contributed by atoms with Crippen LogP contribution in [0.2, 0.25) is 0 Å². The maximum absolute atomic E-state index is 11.6. The summed E-state index contributed by atoms with van der Waals surface area (Å²) in [4.78, 5) is 19.4. The summed E-state index contributed by atoms with van der Waals surface area (Å²) in [6.07, 6.45) is 5.95. The summed E-state index contributed by atoms with van der Waals surface area (Å²) in [7, 11) is 0. The van der Waals surface area contributed by atoms with E-state index in [1.54, 1.807) is 6.20 Å².